The van der Waals surface area contributed by atoms with Crippen molar-refractivity contribution >= 4 is 39.1 Å². The Bertz CT molecular complexity index is 1030. The number of amides is 1. The molecule has 0 aromatic heterocycles. The number of halogens is 2. The summed E-state index contributed by atoms with van der Waals surface area (Å²) in [6.45, 7) is 2.22. The molecule has 1 amide bonds. The van der Waals surface area contributed by atoms with Gasteiger partial charge in [0.15, 0.2) is 0 Å². The second kappa shape index (κ2) is 9.58. The highest BCUT2D eigenvalue weighted by Crippen LogP contribution is 2.21. The minimum absolute atomic E-state index is 0.110. The molecule has 0 radical (unpaired) electrons. The predicted octanol–water partition coefficient (Wildman–Crippen LogP) is 5.54. The molecule has 5 nitrogen and oxygen atoms in total. The van der Waals surface area contributed by atoms with Crippen LogP contribution >= 0.6 is 27.5 Å². The van der Waals surface area contributed by atoms with Crippen molar-refractivity contribution in [2.75, 3.05) is 0 Å². The molecule has 0 fully saturated rings. The Balaban J connectivity index is 1.60. The van der Waals surface area contributed by atoms with Gasteiger partial charge in [0.2, 0.25) is 0 Å². The Morgan fingerprint density at radius 3 is 2.48 bits per heavy atom. The Labute approximate surface area is 182 Å². The number of hydrogen-bond donors (Lipinski definition) is 2. The molecule has 0 atom stereocenters. The highest BCUT2D eigenvalue weighted by atomic mass is 79.9. The van der Waals surface area contributed by atoms with Crippen LogP contribution in [0, 0.1) is 0 Å². The molecule has 0 unspecified atom stereocenters. The molecule has 7 heteroatoms. The van der Waals surface area contributed by atoms with Crippen LogP contribution in [0.15, 0.2) is 76.3 Å². The van der Waals surface area contributed by atoms with Gasteiger partial charge in [-0.1, -0.05) is 39.7 Å². The summed E-state index contributed by atoms with van der Waals surface area (Å²) >= 11 is 9.15. The molecule has 3 rings (SSSR count). The van der Waals surface area contributed by atoms with E-state index < -0.39 is 5.91 Å². The number of nitrogens with zero attached hydrogens (tertiary/aromatic N) is 1. The van der Waals surface area contributed by atoms with Gasteiger partial charge >= 0.3 is 0 Å². The molecule has 0 saturated carbocycles. The molecule has 0 aliphatic rings. The average Bonchev–Trinajstić information content (AvgIpc) is 2.73. The third kappa shape index (κ3) is 5.82. The zero-order valence-corrected chi connectivity index (χ0v) is 17.9. The topological polar surface area (TPSA) is 70.9 Å². The molecule has 0 bridgehead atoms. The van der Waals surface area contributed by atoms with Gasteiger partial charge in [-0.15, -0.1) is 0 Å². The second-order valence-electron chi connectivity index (χ2n) is 6.24. The number of hydrogen-bond acceptors (Lipinski definition) is 4. The number of carbonyl (C=O) groups is 1. The standard InChI is InChI=1S/C22H18BrClN2O3/c1-14(25-26-22(28)20-12-17(23)6-11-21(20)27)16-4-9-19(10-5-16)29-13-15-2-7-18(24)8-3-15/h2-12,27H,13H2,1H3,(H,26,28). The molecular weight excluding hydrogens is 456 g/mol. The van der Waals surface area contributed by atoms with Crippen LogP contribution in [-0.2, 0) is 6.61 Å². The zero-order chi connectivity index (χ0) is 20.8. The molecule has 29 heavy (non-hydrogen) atoms. The lowest BCUT2D eigenvalue weighted by Gasteiger charge is -2.08. The largest absolute Gasteiger partial charge is 0.507 e. The lowest BCUT2D eigenvalue weighted by atomic mass is 10.1. The lowest BCUT2D eigenvalue weighted by molar-refractivity contribution is 0.0952. The molecule has 0 heterocycles. The van der Waals surface area contributed by atoms with E-state index in [0.717, 1.165) is 16.9 Å². The number of hydrazone groups is 1. The Kier molecular flexibility index (Phi) is 6.90. The van der Waals surface area contributed by atoms with Crippen LogP contribution in [0.5, 0.6) is 11.5 Å². The first-order valence-electron chi connectivity index (χ1n) is 8.73. The number of phenolic OH excluding ortho intramolecular Hbond substituents is 1. The number of ether oxygens (including phenoxy) is 1. The molecule has 3 aromatic rings. The predicted molar refractivity (Wildman–Crippen MR) is 118 cm³/mol. The zero-order valence-electron chi connectivity index (χ0n) is 15.5. The normalized spacial score (nSPS) is 11.2. The maximum absolute atomic E-state index is 12.2. The van der Waals surface area contributed by atoms with E-state index in [4.69, 9.17) is 16.3 Å². The first-order valence-corrected chi connectivity index (χ1v) is 9.90. The van der Waals surface area contributed by atoms with Crippen molar-refractivity contribution in [2.24, 2.45) is 5.10 Å². The van der Waals surface area contributed by atoms with E-state index in [9.17, 15) is 9.90 Å². The maximum Gasteiger partial charge on any atom is 0.275 e. The van der Waals surface area contributed by atoms with Crippen LogP contribution < -0.4 is 10.2 Å². The molecule has 148 valence electrons. The number of phenols is 1. The van der Waals surface area contributed by atoms with Gasteiger partial charge in [0.25, 0.3) is 5.91 Å². The van der Waals surface area contributed by atoms with Gasteiger partial charge in [0.1, 0.15) is 18.1 Å². The van der Waals surface area contributed by atoms with Crippen LogP contribution in [0.4, 0.5) is 0 Å². The Morgan fingerprint density at radius 2 is 1.79 bits per heavy atom. The number of nitrogens with one attached hydrogen (secondary N) is 1. The fourth-order valence-electron chi connectivity index (χ4n) is 2.49. The summed E-state index contributed by atoms with van der Waals surface area (Å²) in [5.74, 6) is 0.117. The number of benzene rings is 3. The minimum Gasteiger partial charge on any atom is -0.507 e. The van der Waals surface area contributed by atoms with E-state index in [1.54, 1.807) is 13.0 Å². The van der Waals surface area contributed by atoms with Crippen LogP contribution in [0.3, 0.4) is 0 Å². The van der Waals surface area contributed by atoms with Gasteiger partial charge in [0, 0.05) is 9.50 Å². The van der Waals surface area contributed by atoms with Crippen LogP contribution in [-0.4, -0.2) is 16.7 Å². The summed E-state index contributed by atoms with van der Waals surface area (Å²) in [5.41, 5.74) is 5.08. The van der Waals surface area contributed by atoms with E-state index >= 15 is 0 Å². The molecule has 0 aliphatic heterocycles. The third-order valence-corrected chi connectivity index (χ3v) is 4.86. The van der Waals surface area contributed by atoms with Crippen molar-refractivity contribution < 1.29 is 14.6 Å². The van der Waals surface area contributed by atoms with Gasteiger partial charge in [-0.05, 0) is 72.6 Å². The SMILES string of the molecule is CC(=NNC(=O)c1cc(Br)ccc1O)c1ccc(OCc2ccc(Cl)cc2)cc1. The second-order valence-corrected chi connectivity index (χ2v) is 7.59. The first kappa shape index (κ1) is 20.9. The van der Waals surface area contributed by atoms with Crippen molar-refractivity contribution in [3.8, 4) is 11.5 Å². The Morgan fingerprint density at radius 1 is 1.10 bits per heavy atom. The summed E-state index contributed by atoms with van der Waals surface area (Å²) in [7, 11) is 0. The summed E-state index contributed by atoms with van der Waals surface area (Å²) in [6.07, 6.45) is 0. The fraction of sp³-hybridized carbons (Fsp3) is 0.0909. The van der Waals surface area contributed by atoms with E-state index in [1.807, 2.05) is 48.5 Å². The van der Waals surface area contributed by atoms with E-state index in [0.29, 0.717) is 21.8 Å². The van der Waals surface area contributed by atoms with Crippen molar-refractivity contribution in [3.05, 3.63) is 92.9 Å². The molecule has 2 N–H and O–H groups in total. The molecule has 0 saturated heterocycles. The monoisotopic (exact) mass is 472 g/mol. The van der Waals surface area contributed by atoms with Gasteiger partial charge in [0.05, 0.1) is 11.3 Å². The number of rotatable bonds is 6. The van der Waals surface area contributed by atoms with Crippen molar-refractivity contribution in [2.45, 2.75) is 13.5 Å². The van der Waals surface area contributed by atoms with E-state index in [2.05, 4.69) is 26.5 Å². The summed E-state index contributed by atoms with van der Waals surface area (Å²) in [6, 6.07) is 19.5. The van der Waals surface area contributed by atoms with Crippen molar-refractivity contribution in [3.63, 3.8) is 0 Å². The number of carbonyl (C=O) groups excluding carboxylic acids is 1. The van der Waals surface area contributed by atoms with Crippen LogP contribution in [0.2, 0.25) is 5.02 Å². The van der Waals surface area contributed by atoms with Gasteiger partial charge in [-0.3, -0.25) is 4.79 Å². The molecule has 0 spiro atoms. The van der Waals surface area contributed by atoms with Crippen LogP contribution in [0.1, 0.15) is 28.4 Å². The van der Waals surface area contributed by atoms with E-state index in [1.165, 1.54) is 12.1 Å². The van der Waals surface area contributed by atoms with Gasteiger partial charge < -0.3 is 9.84 Å². The van der Waals surface area contributed by atoms with E-state index in [-0.39, 0.29) is 11.3 Å². The van der Waals surface area contributed by atoms with Crippen molar-refractivity contribution in [1.82, 2.24) is 5.43 Å². The summed E-state index contributed by atoms with van der Waals surface area (Å²) < 4.78 is 6.45. The highest BCUT2D eigenvalue weighted by molar-refractivity contribution is 9.10. The molecular formula is C22H18BrClN2O3. The fourth-order valence-corrected chi connectivity index (χ4v) is 2.98. The third-order valence-electron chi connectivity index (χ3n) is 4.12. The Hall–Kier alpha value is -2.83. The quantitative estimate of drug-likeness (QED) is 0.365. The molecule has 0 aliphatic carbocycles. The van der Waals surface area contributed by atoms with Crippen molar-refractivity contribution in [1.29, 1.82) is 0 Å². The first-order chi connectivity index (χ1) is 13.9. The average molecular weight is 474 g/mol. The molecule has 3 aromatic carbocycles. The minimum atomic E-state index is -0.494. The summed E-state index contributed by atoms with van der Waals surface area (Å²) in [4.78, 5) is 12.2. The van der Waals surface area contributed by atoms with Gasteiger partial charge in [-0.2, -0.15) is 5.10 Å². The van der Waals surface area contributed by atoms with Gasteiger partial charge in [-0.25, -0.2) is 5.43 Å². The smallest absolute Gasteiger partial charge is 0.275 e. The number of aromatic hydroxyl groups is 1. The van der Waals surface area contributed by atoms with Crippen LogP contribution in [0.25, 0.3) is 0 Å². The summed E-state index contributed by atoms with van der Waals surface area (Å²) in [5, 5.41) is 14.6. The maximum atomic E-state index is 12.2. The lowest BCUT2D eigenvalue weighted by Crippen LogP contribution is -2.19. The highest BCUT2D eigenvalue weighted by Gasteiger charge is 2.11.